The van der Waals surface area contributed by atoms with E-state index in [1.54, 1.807) is 54.6 Å². The van der Waals surface area contributed by atoms with Gasteiger partial charge in [0.1, 0.15) is 0 Å². The minimum atomic E-state index is -0.364. The van der Waals surface area contributed by atoms with Crippen LogP contribution >= 0.6 is 11.6 Å². The van der Waals surface area contributed by atoms with Crippen molar-refractivity contribution in [1.82, 2.24) is 4.98 Å². The molecular formula is C27H15ClN2O3. The van der Waals surface area contributed by atoms with Crippen LogP contribution in [0.4, 0.5) is 11.4 Å². The molecule has 0 atom stereocenters. The van der Waals surface area contributed by atoms with Crippen molar-refractivity contribution in [1.29, 1.82) is 0 Å². The number of carbonyl (C=O) groups excluding carboxylic acids is 2. The molecule has 158 valence electrons. The molecule has 6 rings (SSSR count). The van der Waals surface area contributed by atoms with Crippen LogP contribution in [-0.4, -0.2) is 16.6 Å². The molecule has 0 bridgehead atoms. The van der Waals surface area contributed by atoms with Crippen LogP contribution in [-0.2, 0) is 0 Å². The van der Waals surface area contributed by atoms with Crippen molar-refractivity contribution in [3.05, 3.63) is 116 Å². The summed E-state index contributed by atoms with van der Waals surface area (Å²) in [7, 11) is 0. The summed E-state index contributed by atoms with van der Waals surface area (Å²) in [6, 6.07) is 22.8. The molecule has 0 unspecified atom stereocenters. The van der Waals surface area contributed by atoms with Gasteiger partial charge in [-0.2, -0.15) is 0 Å². The van der Waals surface area contributed by atoms with Crippen molar-refractivity contribution in [3.63, 3.8) is 0 Å². The number of nitrogens with one attached hydrogen (secondary N) is 2. The van der Waals surface area contributed by atoms with Gasteiger partial charge in [-0.1, -0.05) is 54.1 Å². The predicted molar refractivity (Wildman–Crippen MR) is 129 cm³/mol. The number of ketones is 2. The number of carbonyl (C=O) groups is 2. The summed E-state index contributed by atoms with van der Waals surface area (Å²) < 4.78 is 0. The highest BCUT2D eigenvalue weighted by Crippen LogP contribution is 2.38. The highest BCUT2D eigenvalue weighted by atomic mass is 35.5. The third kappa shape index (κ3) is 2.90. The quantitative estimate of drug-likeness (QED) is 0.326. The van der Waals surface area contributed by atoms with Gasteiger partial charge >= 0.3 is 0 Å². The van der Waals surface area contributed by atoms with Crippen LogP contribution in [0.25, 0.3) is 22.2 Å². The Hall–Kier alpha value is -4.22. The first-order valence-corrected chi connectivity index (χ1v) is 10.7. The van der Waals surface area contributed by atoms with Crippen LogP contribution in [0.1, 0.15) is 31.8 Å². The molecule has 5 nitrogen and oxygen atoms in total. The molecule has 0 fully saturated rings. The molecule has 1 aliphatic heterocycles. The number of benzene rings is 4. The fourth-order valence-electron chi connectivity index (χ4n) is 4.44. The molecule has 0 aromatic heterocycles. The van der Waals surface area contributed by atoms with E-state index in [0.29, 0.717) is 27.5 Å². The summed E-state index contributed by atoms with van der Waals surface area (Å²) >= 11 is 6.00. The number of para-hydroxylation sites is 1. The average Bonchev–Trinajstić information content (AvgIpc) is 2.84. The first kappa shape index (κ1) is 19.5. The molecule has 0 spiro atoms. The zero-order chi connectivity index (χ0) is 22.7. The minimum Gasteiger partial charge on any atom is -0.354 e. The van der Waals surface area contributed by atoms with Gasteiger partial charge in [0.05, 0.1) is 22.5 Å². The van der Waals surface area contributed by atoms with E-state index < -0.39 is 0 Å². The summed E-state index contributed by atoms with van der Waals surface area (Å²) in [5.74, 6) is -0.659. The lowest BCUT2D eigenvalue weighted by Gasteiger charge is -2.24. The summed E-state index contributed by atoms with van der Waals surface area (Å²) in [4.78, 5) is 44.2. The van der Waals surface area contributed by atoms with Crippen molar-refractivity contribution in [2.24, 2.45) is 0 Å². The first-order valence-electron chi connectivity index (χ1n) is 10.4. The molecule has 3 aliphatic rings. The second-order valence-corrected chi connectivity index (χ2v) is 8.37. The SMILES string of the molecule is O=C1c2ccccc2C(=O)c2c1c1[nH]c3ccccc3cc-1c(=O)c2Nc1ccc(Cl)cc1. The van der Waals surface area contributed by atoms with E-state index in [0.717, 1.165) is 10.9 Å². The number of anilines is 2. The minimum absolute atomic E-state index is 0.0800. The van der Waals surface area contributed by atoms with Gasteiger partial charge in [-0.05, 0) is 41.8 Å². The van der Waals surface area contributed by atoms with Crippen LogP contribution < -0.4 is 10.7 Å². The Labute approximate surface area is 193 Å². The van der Waals surface area contributed by atoms with Crippen molar-refractivity contribution >= 4 is 45.4 Å². The monoisotopic (exact) mass is 450 g/mol. The van der Waals surface area contributed by atoms with Crippen LogP contribution in [0.15, 0.2) is 83.7 Å². The molecule has 2 aliphatic carbocycles. The van der Waals surface area contributed by atoms with Crippen molar-refractivity contribution in [2.75, 3.05) is 5.32 Å². The molecule has 0 amide bonds. The molecule has 6 heteroatoms. The molecule has 2 N–H and O–H groups in total. The Kier molecular flexibility index (Phi) is 4.22. The Morgan fingerprint density at radius 2 is 1.33 bits per heavy atom. The fourth-order valence-corrected chi connectivity index (χ4v) is 4.57. The Bertz CT molecular complexity index is 1650. The molecule has 33 heavy (non-hydrogen) atoms. The van der Waals surface area contributed by atoms with E-state index in [1.165, 1.54) is 0 Å². The lowest BCUT2D eigenvalue weighted by atomic mass is 9.79. The molecular weight excluding hydrogens is 436 g/mol. The van der Waals surface area contributed by atoms with Crippen LogP contribution in [0, 0.1) is 0 Å². The maximum absolute atomic E-state index is 13.7. The molecule has 3 aromatic carbocycles. The number of pyridine rings is 1. The number of halogens is 1. The van der Waals surface area contributed by atoms with E-state index in [2.05, 4.69) is 10.3 Å². The standard InChI is InChI=1S/C27H15ClN2O3/c28-15-9-11-16(12-10-15)29-24-22-21(25(31)17-6-2-3-7-18(17)26(22)32)23-19(27(24)33)13-14-5-1-4-8-20(14)30-23/h1-13,29-30H. The number of aromatic nitrogens is 1. The van der Waals surface area contributed by atoms with E-state index in [-0.39, 0.29) is 39.4 Å². The summed E-state index contributed by atoms with van der Waals surface area (Å²) in [6.45, 7) is 0. The van der Waals surface area contributed by atoms with Gasteiger partial charge in [-0.3, -0.25) is 14.4 Å². The Balaban J connectivity index is 1.73. The van der Waals surface area contributed by atoms with Gasteiger partial charge in [0.25, 0.3) is 0 Å². The largest absolute Gasteiger partial charge is 0.354 e. The predicted octanol–water partition coefficient (Wildman–Crippen LogP) is 5.81. The topological polar surface area (TPSA) is 79.0 Å². The Morgan fingerprint density at radius 3 is 2.06 bits per heavy atom. The van der Waals surface area contributed by atoms with Gasteiger partial charge in [0.15, 0.2) is 11.6 Å². The van der Waals surface area contributed by atoms with Crippen molar-refractivity contribution in [2.45, 2.75) is 0 Å². The maximum Gasteiger partial charge on any atom is 0.212 e. The number of hydrogen-bond donors (Lipinski definition) is 2. The average molecular weight is 451 g/mol. The van der Waals surface area contributed by atoms with Crippen LogP contribution in [0.3, 0.4) is 0 Å². The van der Waals surface area contributed by atoms with E-state index in [1.807, 2.05) is 24.3 Å². The summed E-state index contributed by atoms with van der Waals surface area (Å²) in [5, 5.41) is 4.47. The van der Waals surface area contributed by atoms with Gasteiger partial charge in [0.2, 0.25) is 5.43 Å². The fraction of sp³-hybridized carbons (Fsp3) is 0. The molecule has 3 aromatic rings. The van der Waals surface area contributed by atoms with Gasteiger partial charge in [-0.15, -0.1) is 0 Å². The smallest absolute Gasteiger partial charge is 0.212 e. The lowest BCUT2D eigenvalue weighted by Crippen LogP contribution is -2.28. The molecule has 0 radical (unpaired) electrons. The highest BCUT2D eigenvalue weighted by Gasteiger charge is 2.37. The first-order chi connectivity index (χ1) is 16.0. The van der Waals surface area contributed by atoms with E-state index >= 15 is 0 Å². The van der Waals surface area contributed by atoms with Crippen LogP contribution in [0.2, 0.25) is 5.02 Å². The van der Waals surface area contributed by atoms with Crippen molar-refractivity contribution < 1.29 is 9.59 Å². The number of aromatic amines is 1. The second-order valence-electron chi connectivity index (χ2n) is 7.94. The number of rotatable bonds is 2. The third-order valence-electron chi connectivity index (χ3n) is 6.00. The van der Waals surface area contributed by atoms with Crippen molar-refractivity contribution in [3.8, 4) is 11.3 Å². The second kappa shape index (κ2) is 7.15. The van der Waals surface area contributed by atoms with Gasteiger partial charge in [-0.25, -0.2) is 0 Å². The zero-order valence-electron chi connectivity index (χ0n) is 17.1. The summed E-state index contributed by atoms with van der Waals surface area (Å²) in [5.41, 5.74) is 2.67. The van der Waals surface area contributed by atoms with Gasteiger partial charge < -0.3 is 10.3 Å². The third-order valence-corrected chi connectivity index (χ3v) is 6.25. The summed E-state index contributed by atoms with van der Waals surface area (Å²) in [6.07, 6.45) is 0. The molecule has 1 heterocycles. The molecule has 0 saturated heterocycles. The zero-order valence-corrected chi connectivity index (χ0v) is 17.9. The lowest BCUT2D eigenvalue weighted by molar-refractivity contribution is 0.0980. The normalized spacial score (nSPS) is 12.6. The maximum atomic E-state index is 13.7. The Morgan fingerprint density at radius 1 is 0.697 bits per heavy atom. The number of fused-ring (bicyclic) bond motifs is 5. The number of H-pyrrole nitrogens is 1. The van der Waals surface area contributed by atoms with E-state index in [4.69, 9.17) is 11.6 Å². The molecule has 0 saturated carbocycles. The van der Waals surface area contributed by atoms with E-state index in [9.17, 15) is 14.4 Å². The van der Waals surface area contributed by atoms with Crippen LogP contribution in [0.5, 0.6) is 0 Å². The number of hydrogen-bond acceptors (Lipinski definition) is 4. The highest BCUT2D eigenvalue weighted by molar-refractivity contribution is 6.32. The van der Waals surface area contributed by atoms with Gasteiger partial charge in [0, 0.05) is 32.9 Å².